The van der Waals surface area contributed by atoms with E-state index in [1.807, 2.05) is 38.1 Å². The van der Waals surface area contributed by atoms with Crippen molar-refractivity contribution in [2.24, 2.45) is 11.8 Å². The summed E-state index contributed by atoms with van der Waals surface area (Å²) < 4.78 is 7.48. The van der Waals surface area contributed by atoms with Gasteiger partial charge in [-0.05, 0) is 51.2 Å². The molecule has 0 bridgehead atoms. The van der Waals surface area contributed by atoms with Crippen LogP contribution in [0.5, 0.6) is 0 Å². The molecule has 1 saturated heterocycles. The Morgan fingerprint density at radius 1 is 1.21 bits per heavy atom. The van der Waals surface area contributed by atoms with Crippen LogP contribution in [-0.4, -0.2) is 41.3 Å². The number of aliphatic carboxylic acids is 1. The molecule has 0 aliphatic carbocycles. The van der Waals surface area contributed by atoms with Gasteiger partial charge in [0.2, 0.25) is 0 Å². The van der Waals surface area contributed by atoms with Crippen molar-refractivity contribution in [3.8, 4) is 0 Å². The summed E-state index contributed by atoms with van der Waals surface area (Å²) in [7, 11) is 0. The minimum absolute atomic E-state index is 0.0343. The molecule has 2 unspecified atom stereocenters. The standard InChI is InChI=1S/C23H30N2O4/c1-15-13-20(17(3)25(15)16(2)18-7-5-4-6-8-18)22(26)24-14-21(23(27)28)19-9-11-29-12-10-19/h4-8,13,16,19,21H,9-12,14H2,1-3H3,(H,24,26)(H,27,28). The predicted octanol–water partition coefficient (Wildman–Crippen LogP) is 3.57. The molecule has 1 aromatic heterocycles. The van der Waals surface area contributed by atoms with Gasteiger partial charge in [0.25, 0.3) is 5.91 Å². The topological polar surface area (TPSA) is 80.6 Å². The molecule has 0 saturated carbocycles. The second-order valence-electron chi connectivity index (χ2n) is 7.85. The summed E-state index contributed by atoms with van der Waals surface area (Å²) in [6.45, 7) is 7.35. The van der Waals surface area contributed by atoms with Crippen LogP contribution < -0.4 is 5.32 Å². The van der Waals surface area contributed by atoms with Crippen LogP contribution in [0.25, 0.3) is 0 Å². The monoisotopic (exact) mass is 398 g/mol. The molecule has 2 atom stereocenters. The first-order chi connectivity index (χ1) is 13.9. The van der Waals surface area contributed by atoms with Crippen molar-refractivity contribution in [1.82, 2.24) is 9.88 Å². The predicted molar refractivity (Wildman–Crippen MR) is 111 cm³/mol. The lowest BCUT2D eigenvalue weighted by Gasteiger charge is -2.27. The fourth-order valence-electron chi connectivity index (χ4n) is 4.36. The lowest BCUT2D eigenvalue weighted by Crippen LogP contribution is -2.39. The summed E-state index contributed by atoms with van der Waals surface area (Å²) in [5.41, 5.74) is 3.66. The van der Waals surface area contributed by atoms with E-state index in [4.69, 9.17) is 4.74 Å². The summed E-state index contributed by atoms with van der Waals surface area (Å²) in [5.74, 6) is -1.63. The number of nitrogens with zero attached hydrogens (tertiary/aromatic N) is 1. The van der Waals surface area contributed by atoms with Crippen LogP contribution in [-0.2, 0) is 9.53 Å². The Labute approximate surface area is 171 Å². The SMILES string of the molecule is Cc1cc(C(=O)NCC(C(=O)O)C2CCOCC2)c(C)n1C(C)c1ccccc1. The number of rotatable bonds is 7. The zero-order valence-corrected chi connectivity index (χ0v) is 17.4. The molecule has 6 nitrogen and oxygen atoms in total. The van der Waals surface area contributed by atoms with E-state index in [2.05, 4.69) is 28.9 Å². The van der Waals surface area contributed by atoms with Crippen molar-refractivity contribution in [3.63, 3.8) is 0 Å². The maximum atomic E-state index is 12.9. The highest BCUT2D eigenvalue weighted by Crippen LogP contribution is 2.26. The largest absolute Gasteiger partial charge is 0.481 e. The summed E-state index contributed by atoms with van der Waals surface area (Å²) in [5, 5.41) is 12.5. The number of benzene rings is 1. The molecule has 1 aliphatic heterocycles. The van der Waals surface area contributed by atoms with E-state index in [1.165, 1.54) is 5.56 Å². The summed E-state index contributed by atoms with van der Waals surface area (Å²) >= 11 is 0. The first-order valence-corrected chi connectivity index (χ1v) is 10.2. The van der Waals surface area contributed by atoms with E-state index >= 15 is 0 Å². The van der Waals surface area contributed by atoms with Crippen molar-refractivity contribution in [2.75, 3.05) is 19.8 Å². The van der Waals surface area contributed by atoms with Gasteiger partial charge in [-0.2, -0.15) is 0 Å². The van der Waals surface area contributed by atoms with Gasteiger partial charge in [0.05, 0.1) is 17.5 Å². The van der Waals surface area contributed by atoms with E-state index in [0.717, 1.165) is 24.2 Å². The minimum Gasteiger partial charge on any atom is -0.481 e. The van der Waals surface area contributed by atoms with Crippen molar-refractivity contribution >= 4 is 11.9 Å². The highest BCUT2D eigenvalue weighted by molar-refractivity contribution is 5.96. The Hall–Kier alpha value is -2.60. The molecular weight excluding hydrogens is 368 g/mol. The lowest BCUT2D eigenvalue weighted by molar-refractivity contribution is -0.144. The molecule has 2 N–H and O–H groups in total. The fourth-order valence-corrected chi connectivity index (χ4v) is 4.36. The van der Waals surface area contributed by atoms with Crippen LogP contribution in [0.15, 0.2) is 36.4 Å². The molecule has 1 aromatic carbocycles. The molecular formula is C23H30N2O4. The zero-order valence-electron chi connectivity index (χ0n) is 17.4. The van der Waals surface area contributed by atoms with Crippen LogP contribution in [0.1, 0.15) is 53.1 Å². The zero-order chi connectivity index (χ0) is 21.0. The molecule has 0 radical (unpaired) electrons. The number of carboxylic acid groups (broad SMARTS) is 1. The lowest BCUT2D eigenvalue weighted by atomic mass is 9.86. The third kappa shape index (κ3) is 4.70. The number of ether oxygens (including phenoxy) is 1. The van der Waals surface area contributed by atoms with Gasteiger partial charge in [0, 0.05) is 31.1 Å². The maximum Gasteiger partial charge on any atom is 0.308 e. The Kier molecular flexibility index (Phi) is 6.75. The molecule has 1 aliphatic rings. The molecule has 2 aromatic rings. The maximum absolute atomic E-state index is 12.9. The molecule has 2 heterocycles. The Morgan fingerprint density at radius 2 is 1.86 bits per heavy atom. The second kappa shape index (κ2) is 9.27. The molecule has 6 heteroatoms. The van der Waals surface area contributed by atoms with E-state index in [9.17, 15) is 14.7 Å². The van der Waals surface area contributed by atoms with Gasteiger partial charge in [-0.15, -0.1) is 0 Å². The number of carbonyl (C=O) groups is 2. The highest BCUT2D eigenvalue weighted by Gasteiger charge is 2.30. The normalized spacial score (nSPS) is 16.9. The number of aromatic nitrogens is 1. The smallest absolute Gasteiger partial charge is 0.308 e. The quantitative estimate of drug-likeness (QED) is 0.747. The van der Waals surface area contributed by atoms with E-state index in [1.54, 1.807) is 0 Å². The molecule has 0 spiro atoms. The van der Waals surface area contributed by atoms with Crippen LogP contribution in [0.4, 0.5) is 0 Å². The van der Waals surface area contributed by atoms with Crippen LogP contribution in [0.2, 0.25) is 0 Å². The summed E-state index contributed by atoms with van der Waals surface area (Å²) in [6.07, 6.45) is 1.44. The van der Waals surface area contributed by atoms with Gasteiger partial charge in [-0.25, -0.2) is 0 Å². The number of hydrogen-bond acceptors (Lipinski definition) is 3. The number of carboxylic acids is 1. The van der Waals surface area contributed by atoms with Crippen LogP contribution in [0, 0.1) is 25.7 Å². The average molecular weight is 399 g/mol. The van der Waals surface area contributed by atoms with Gasteiger partial charge in [0.1, 0.15) is 0 Å². The highest BCUT2D eigenvalue weighted by atomic mass is 16.5. The van der Waals surface area contributed by atoms with Crippen molar-refractivity contribution in [3.05, 3.63) is 58.9 Å². The summed E-state index contributed by atoms with van der Waals surface area (Å²) in [6, 6.07) is 12.2. The first kappa shape index (κ1) is 21.1. The molecule has 29 heavy (non-hydrogen) atoms. The second-order valence-corrected chi connectivity index (χ2v) is 7.85. The number of carbonyl (C=O) groups excluding carboxylic acids is 1. The minimum atomic E-state index is -0.861. The number of nitrogens with one attached hydrogen (secondary N) is 1. The van der Waals surface area contributed by atoms with E-state index in [0.29, 0.717) is 18.8 Å². The van der Waals surface area contributed by atoms with Gasteiger partial charge in [0.15, 0.2) is 0 Å². The van der Waals surface area contributed by atoms with Gasteiger partial charge >= 0.3 is 5.97 Å². The third-order valence-electron chi connectivity index (χ3n) is 6.03. The third-order valence-corrected chi connectivity index (χ3v) is 6.03. The van der Waals surface area contributed by atoms with Gasteiger partial charge in [-0.3, -0.25) is 9.59 Å². The molecule has 3 rings (SSSR count). The Morgan fingerprint density at radius 3 is 2.48 bits per heavy atom. The van der Waals surface area contributed by atoms with Crippen molar-refractivity contribution < 1.29 is 19.4 Å². The molecule has 156 valence electrons. The van der Waals surface area contributed by atoms with Crippen LogP contribution in [0.3, 0.4) is 0 Å². The number of amides is 1. The van der Waals surface area contributed by atoms with E-state index in [-0.39, 0.29) is 24.4 Å². The number of aryl methyl sites for hydroxylation is 1. The average Bonchev–Trinajstić information content (AvgIpc) is 3.03. The first-order valence-electron chi connectivity index (χ1n) is 10.2. The van der Waals surface area contributed by atoms with Crippen molar-refractivity contribution in [1.29, 1.82) is 0 Å². The van der Waals surface area contributed by atoms with Crippen molar-refractivity contribution in [2.45, 2.75) is 39.7 Å². The Balaban J connectivity index is 1.73. The van der Waals surface area contributed by atoms with Gasteiger partial charge in [-0.1, -0.05) is 30.3 Å². The Bertz CT molecular complexity index is 853. The summed E-state index contributed by atoms with van der Waals surface area (Å²) in [4.78, 5) is 24.6. The number of hydrogen-bond donors (Lipinski definition) is 2. The van der Waals surface area contributed by atoms with Gasteiger partial charge < -0.3 is 19.7 Å². The molecule has 1 fully saturated rings. The molecule has 1 amide bonds. The fraction of sp³-hybridized carbons (Fsp3) is 0.478. The van der Waals surface area contributed by atoms with E-state index < -0.39 is 11.9 Å². The van der Waals surface area contributed by atoms with Crippen LogP contribution >= 0.6 is 0 Å².